The van der Waals surface area contributed by atoms with Gasteiger partial charge in [0.2, 0.25) is 5.95 Å². The van der Waals surface area contributed by atoms with Gasteiger partial charge < -0.3 is 15.3 Å². The minimum Gasteiger partial charge on any atom is -0.484 e. The minimum absolute atomic E-state index is 0.0213. The summed E-state index contributed by atoms with van der Waals surface area (Å²) in [4.78, 5) is 31.1. The Kier molecular flexibility index (Phi) is 10.5. The van der Waals surface area contributed by atoms with E-state index in [4.69, 9.17) is 20.3 Å². The number of para-hydroxylation sites is 1. The number of hydrogen-bond acceptors (Lipinski definition) is 10. The van der Waals surface area contributed by atoms with Crippen LogP contribution in [-0.2, 0) is 16.1 Å². The number of nitriles is 1. The molecule has 2 aromatic carbocycles. The van der Waals surface area contributed by atoms with Gasteiger partial charge in [-0.3, -0.25) is 20.1 Å². The van der Waals surface area contributed by atoms with Gasteiger partial charge in [-0.1, -0.05) is 49.2 Å². The van der Waals surface area contributed by atoms with Gasteiger partial charge in [0.05, 0.1) is 47.2 Å². The number of methoxy groups -OCH3 is 1. The fourth-order valence-electron chi connectivity index (χ4n) is 5.31. The van der Waals surface area contributed by atoms with Crippen LogP contribution in [-0.4, -0.2) is 46.5 Å². The van der Waals surface area contributed by atoms with Crippen molar-refractivity contribution in [3.63, 3.8) is 0 Å². The average molecular weight is 603 g/mol. The second-order valence-electron chi connectivity index (χ2n) is 10.5. The van der Waals surface area contributed by atoms with Gasteiger partial charge in [-0.05, 0) is 61.2 Å². The van der Waals surface area contributed by atoms with Gasteiger partial charge in [0, 0.05) is 12.7 Å². The zero-order valence-corrected chi connectivity index (χ0v) is 25.0. The van der Waals surface area contributed by atoms with Crippen molar-refractivity contribution in [1.29, 1.82) is 5.26 Å². The van der Waals surface area contributed by atoms with Gasteiger partial charge in [-0.25, -0.2) is 9.97 Å². The first kappa shape index (κ1) is 31.0. The zero-order chi connectivity index (χ0) is 31.4. The number of pyridine rings is 1. The van der Waals surface area contributed by atoms with Gasteiger partial charge in [0.1, 0.15) is 17.6 Å². The lowest BCUT2D eigenvalue weighted by molar-refractivity contribution is -0.118. The number of anilines is 1. The molecule has 0 aliphatic heterocycles. The first-order chi connectivity index (χ1) is 22.1. The number of benzene rings is 2. The molecule has 228 valence electrons. The molecule has 3 N–H and O–H groups in total. The Bertz CT molecular complexity index is 1710. The monoisotopic (exact) mass is 602 g/mol. The average Bonchev–Trinajstić information content (AvgIpc) is 3.61. The number of carbonyl (C=O) groups is 1. The summed E-state index contributed by atoms with van der Waals surface area (Å²) in [6.07, 6.45) is 6.20. The van der Waals surface area contributed by atoms with Crippen LogP contribution in [0.4, 0.5) is 5.95 Å². The summed E-state index contributed by atoms with van der Waals surface area (Å²) in [7, 11) is 1.74. The van der Waals surface area contributed by atoms with E-state index in [1.54, 1.807) is 43.5 Å². The molecular weight excluding hydrogens is 568 g/mol. The first-order valence-electron chi connectivity index (χ1n) is 14.7. The highest BCUT2D eigenvalue weighted by Gasteiger charge is 2.27. The smallest absolute Gasteiger partial charge is 0.264 e. The van der Waals surface area contributed by atoms with Crippen LogP contribution in [0.3, 0.4) is 0 Å². The van der Waals surface area contributed by atoms with E-state index in [1.165, 1.54) is 19.1 Å². The molecular formula is C34H34N8O3. The molecule has 1 unspecified atom stereocenters. The normalized spacial score (nSPS) is 14.3. The summed E-state index contributed by atoms with van der Waals surface area (Å²) in [6, 6.07) is 25.6. The Labute approximate surface area is 261 Å². The van der Waals surface area contributed by atoms with E-state index in [-0.39, 0.29) is 30.9 Å². The van der Waals surface area contributed by atoms with Crippen molar-refractivity contribution in [3.8, 4) is 23.1 Å². The number of aliphatic imine (C=N–C) groups is 1. The fraction of sp³-hybridized carbons (Fsp3) is 0.265. The predicted molar refractivity (Wildman–Crippen MR) is 172 cm³/mol. The summed E-state index contributed by atoms with van der Waals surface area (Å²) in [6.45, 7) is 0.0451. The van der Waals surface area contributed by atoms with Crippen molar-refractivity contribution in [3.05, 3.63) is 102 Å². The molecule has 1 amide bonds. The van der Waals surface area contributed by atoms with Gasteiger partial charge in [-0.2, -0.15) is 10.4 Å². The third-order valence-electron chi connectivity index (χ3n) is 7.45. The van der Waals surface area contributed by atoms with E-state index in [0.29, 0.717) is 34.2 Å². The Balaban J connectivity index is 1.36. The van der Waals surface area contributed by atoms with Crippen LogP contribution < -0.4 is 15.9 Å². The lowest BCUT2D eigenvalue weighted by Crippen LogP contribution is -2.22. The van der Waals surface area contributed by atoms with Crippen LogP contribution in [0.2, 0.25) is 0 Å². The lowest BCUT2D eigenvalue weighted by atomic mass is 9.97. The Morgan fingerprint density at radius 1 is 1.07 bits per heavy atom. The number of ether oxygens (including phenoxy) is 2. The van der Waals surface area contributed by atoms with Crippen LogP contribution in [0.15, 0.2) is 89.0 Å². The molecule has 0 bridgehead atoms. The molecule has 1 fully saturated rings. The van der Waals surface area contributed by atoms with Gasteiger partial charge in [0.25, 0.3) is 5.91 Å². The van der Waals surface area contributed by atoms with Gasteiger partial charge >= 0.3 is 0 Å². The van der Waals surface area contributed by atoms with Crippen molar-refractivity contribution in [1.82, 2.24) is 15.0 Å². The van der Waals surface area contributed by atoms with Crippen molar-refractivity contribution in [2.45, 2.75) is 38.3 Å². The number of carbonyl (C=O) groups excluding carboxylic acids is 1. The summed E-state index contributed by atoms with van der Waals surface area (Å²) >= 11 is 0. The number of nitrogens with zero attached hydrogens (tertiary/aromatic N) is 6. The number of hydrazone groups is 1. The van der Waals surface area contributed by atoms with E-state index in [1.807, 2.05) is 42.5 Å². The highest BCUT2D eigenvalue weighted by molar-refractivity contribution is 6.37. The fourth-order valence-corrected chi connectivity index (χ4v) is 5.31. The SMILES string of the molecule is COC(c1cccc(CN=CC(=NN)c2cc(-c3cccc(C#N)c3)nc(NC(=O)COc3ccccc3)n2)n1)C1CCCC1. The van der Waals surface area contributed by atoms with Crippen molar-refractivity contribution in [2.24, 2.45) is 21.9 Å². The minimum atomic E-state index is -0.453. The third kappa shape index (κ3) is 8.34. The van der Waals surface area contributed by atoms with Crippen LogP contribution >= 0.6 is 0 Å². The predicted octanol–water partition coefficient (Wildman–Crippen LogP) is 5.24. The number of aromatic nitrogens is 3. The van der Waals surface area contributed by atoms with Crippen molar-refractivity contribution >= 4 is 23.8 Å². The van der Waals surface area contributed by atoms with Crippen molar-refractivity contribution < 1.29 is 14.3 Å². The quantitative estimate of drug-likeness (QED) is 0.126. The molecule has 0 spiro atoms. The first-order valence-corrected chi connectivity index (χ1v) is 14.7. The Morgan fingerprint density at radius 3 is 2.62 bits per heavy atom. The number of rotatable bonds is 12. The largest absolute Gasteiger partial charge is 0.484 e. The summed E-state index contributed by atoms with van der Waals surface area (Å²) in [5.74, 6) is 6.38. The third-order valence-corrected chi connectivity index (χ3v) is 7.45. The molecule has 4 aromatic rings. The Hall–Kier alpha value is -5.47. The molecule has 5 rings (SSSR count). The second kappa shape index (κ2) is 15.3. The zero-order valence-electron chi connectivity index (χ0n) is 25.0. The molecule has 2 heterocycles. The molecule has 1 atom stereocenters. The molecule has 45 heavy (non-hydrogen) atoms. The molecule has 2 aromatic heterocycles. The summed E-state index contributed by atoms with van der Waals surface area (Å²) in [5, 5.41) is 16.0. The Morgan fingerprint density at radius 2 is 1.87 bits per heavy atom. The molecule has 11 nitrogen and oxygen atoms in total. The van der Waals surface area contributed by atoms with Crippen LogP contribution in [0, 0.1) is 17.2 Å². The molecule has 1 saturated carbocycles. The standard InChI is InChI=1S/C34H34N8O3/c1-44-33(24-10-5-6-11-24)28-16-8-13-26(38-28)20-37-21-31(42-36)30-18-29(25-12-7-9-23(17-25)19-35)39-34(40-30)41-32(43)22-45-27-14-3-2-4-15-27/h2-4,7-9,12-18,21,24,33H,5-6,10-11,20,22,36H2,1H3,(H,39,40,41,43). The van der Waals surface area contributed by atoms with Crippen molar-refractivity contribution in [2.75, 3.05) is 19.0 Å². The number of amides is 1. The summed E-state index contributed by atoms with van der Waals surface area (Å²) in [5.41, 5.74) is 3.85. The number of nitrogens with two attached hydrogens (primary N) is 1. The molecule has 0 radical (unpaired) electrons. The van der Waals surface area contributed by atoms with E-state index in [0.717, 1.165) is 24.2 Å². The second-order valence-corrected chi connectivity index (χ2v) is 10.5. The van der Waals surface area contributed by atoms with E-state index in [9.17, 15) is 10.1 Å². The highest BCUT2D eigenvalue weighted by Crippen LogP contribution is 2.37. The summed E-state index contributed by atoms with van der Waals surface area (Å²) < 4.78 is 11.4. The van der Waals surface area contributed by atoms with Gasteiger partial charge in [0.15, 0.2) is 6.61 Å². The topological polar surface area (TPSA) is 161 Å². The maximum atomic E-state index is 12.7. The molecule has 11 heteroatoms. The van der Waals surface area contributed by atoms with E-state index >= 15 is 0 Å². The van der Waals surface area contributed by atoms with Gasteiger partial charge in [-0.15, -0.1) is 0 Å². The lowest BCUT2D eigenvalue weighted by Gasteiger charge is -2.21. The van der Waals surface area contributed by atoms with Crippen LogP contribution in [0.5, 0.6) is 5.75 Å². The van der Waals surface area contributed by atoms with E-state index in [2.05, 4.69) is 31.4 Å². The number of hydrogen-bond donors (Lipinski definition) is 2. The molecule has 0 saturated heterocycles. The molecule has 1 aliphatic rings. The van der Waals surface area contributed by atoms with E-state index < -0.39 is 5.91 Å². The highest BCUT2D eigenvalue weighted by atomic mass is 16.5. The van der Waals surface area contributed by atoms with Crippen LogP contribution in [0.25, 0.3) is 11.3 Å². The maximum Gasteiger partial charge on any atom is 0.264 e. The van der Waals surface area contributed by atoms with Crippen LogP contribution in [0.1, 0.15) is 54.4 Å². The molecule has 1 aliphatic carbocycles. The number of nitrogens with one attached hydrogen (secondary N) is 1. The maximum absolute atomic E-state index is 12.7.